The Morgan fingerprint density at radius 1 is 1.32 bits per heavy atom. The average molecular weight is 332 g/mol. The first-order valence-corrected chi connectivity index (χ1v) is 8.93. The first kappa shape index (κ1) is 15.6. The highest BCUT2D eigenvalue weighted by Crippen LogP contribution is 2.33. The van der Waals surface area contributed by atoms with Gasteiger partial charge in [0.05, 0.1) is 4.91 Å². The summed E-state index contributed by atoms with van der Waals surface area (Å²) in [6, 6.07) is 6.49. The number of carbonyl (C=O) groups is 1. The molecule has 5 heteroatoms. The Bertz CT molecular complexity index is 648. The second kappa shape index (κ2) is 6.42. The maximum absolute atomic E-state index is 12.3. The fourth-order valence-electron chi connectivity index (χ4n) is 2.91. The third-order valence-electron chi connectivity index (χ3n) is 4.20. The molecule has 22 heavy (non-hydrogen) atoms. The highest BCUT2D eigenvalue weighted by atomic mass is 32.2. The van der Waals surface area contributed by atoms with Crippen molar-refractivity contribution in [3.63, 3.8) is 0 Å². The Morgan fingerprint density at radius 2 is 2.05 bits per heavy atom. The van der Waals surface area contributed by atoms with Gasteiger partial charge in [0.15, 0.2) is 0 Å². The molecule has 0 unspecified atom stereocenters. The molecule has 1 aromatic rings. The Labute approximate surface area is 141 Å². The number of nitrogens with zero attached hydrogens (tertiary/aromatic N) is 2. The van der Waals surface area contributed by atoms with Crippen LogP contribution < -0.4 is 4.90 Å². The lowest BCUT2D eigenvalue weighted by molar-refractivity contribution is -0.121. The molecule has 116 valence electrons. The maximum Gasteiger partial charge on any atom is 0.266 e. The minimum atomic E-state index is 0.0283. The molecule has 2 aliphatic rings. The lowest BCUT2D eigenvalue weighted by atomic mass is 10.1. The number of aryl methyl sites for hydroxylation is 1. The molecule has 0 saturated carbocycles. The lowest BCUT2D eigenvalue weighted by Gasteiger charge is -2.18. The van der Waals surface area contributed by atoms with Gasteiger partial charge < -0.3 is 4.90 Å². The molecule has 0 aromatic heterocycles. The van der Waals surface area contributed by atoms with E-state index in [0.29, 0.717) is 10.9 Å². The van der Waals surface area contributed by atoms with E-state index in [9.17, 15) is 4.79 Å². The monoisotopic (exact) mass is 332 g/mol. The maximum atomic E-state index is 12.3. The summed E-state index contributed by atoms with van der Waals surface area (Å²) in [5.41, 5.74) is 3.58. The highest BCUT2D eigenvalue weighted by Gasteiger charge is 2.30. The van der Waals surface area contributed by atoms with Crippen LogP contribution in [-0.4, -0.2) is 34.8 Å². The zero-order valence-electron chi connectivity index (χ0n) is 13.0. The molecule has 0 spiro atoms. The van der Waals surface area contributed by atoms with E-state index in [-0.39, 0.29) is 5.91 Å². The largest absolute Gasteiger partial charge is 0.372 e. The molecule has 1 aromatic carbocycles. The van der Waals surface area contributed by atoms with Crippen molar-refractivity contribution in [2.24, 2.45) is 0 Å². The number of benzene rings is 1. The van der Waals surface area contributed by atoms with Gasteiger partial charge in [-0.3, -0.25) is 9.69 Å². The molecule has 2 fully saturated rings. The van der Waals surface area contributed by atoms with Crippen LogP contribution in [0.25, 0.3) is 6.08 Å². The van der Waals surface area contributed by atoms with Gasteiger partial charge in [-0.15, -0.1) is 0 Å². The minimum Gasteiger partial charge on any atom is -0.372 e. The van der Waals surface area contributed by atoms with E-state index in [2.05, 4.69) is 30.0 Å². The second-order valence-electron chi connectivity index (χ2n) is 5.66. The Hall–Kier alpha value is -1.33. The number of hydrogen-bond acceptors (Lipinski definition) is 4. The first-order valence-electron chi connectivity index (χ1n) is 7.71. The summed E-state index contributed by atoms with van der Waals surface area (Å²) in [7, 11) is 0. The van der Waals surface area contributed by atoms with Gasteiger partial charge in [-0.2, -0.15) is 0 Å². The van der Waals surface area contributed by atoms with Crippen LogP contribution in [0.5, 0.6) is 0 Å². The summed E-state index contributed by atoms with van der Waals surface area (Å²) in [5.74, 6) is 0.0283. The number of amides is 1. The van der Waals surface area contributed by atoms with Gasteiger partial charge in [-0.1, -0.05) is 30.0 Å². The zero-order chi connectivity index (χ0) is 15.7. The molecule has 0 atom stereocenters. The topological polar surface area (TPSA) is 23.6 Å². The first-order chi connectivity index (χ1) is 10.6. The van der Waals surface area contributed by atoms with E-state index in [4.69, 9.17) is 12.2 Å². The van der Waals surface area contributed by atoms with Gasteiger partial charge in [0, 0.05) is 25.3 Å². The summed E-state index contributed by atoms with van der Waals surface area (Å²) in [4.78, 5) is 17.1. The molecule has 0 aliphatic carbocycles. The summed E-state index contributed by atoms with van der Waals surface area (Å²) in [6.07, 6.45) is 4.53. The van der Waals surface area contributed by atoms with E-state index < -0.39 is 0 Å². The third kappa shape index (κ3) is 2.92. The molecule has 0 radical (unpaired) electrons. The number of carbonyl (C=O) groups excluding carboxylic acids is 1. The van der Waals surface area contributed by atoms with E-state index in [0.717, 1.165) is 23.6 Å². The van der Waals surface area contributed by atoms with Crippen molar-refractivity contribution in [2.45, 2.75) is 26.7 Å². The Morgan fingerprint density at radius 3 is 2.64 bits per heavy atom. The molecule has 0 bridgehead atoms. The van der Waals surface area contributed by atoms with Gasteiger partial charge in [0.1, 0.15) is 4.32 Å². The van der Waals surface area contributed by atoms with E-state index in [1.165, 1.54) is 35.9 Å². The van der Waals surface area contributed by atoms with Crippen LogP contribution in [0.1, 0.15) is 30.9 Å². The smallest absolute Gasteiger partial charge is 0.266 e. The second-order valence-corrected chi connectivity index (χ2v) is 7.34. The quantitative estimate of drug-likeness (QED) is 0.620. The van der Waals surface area contributed by atoms with Gasteiger partial charge in [-0.25, -0.2) is 0 Å². The normalized spacial score (nSPS) is 20.5. The molecule has 2 aliphatic heterocycles. The van der Waals surface area contributed by atoms with Crippen molar-refractivity contribution in [3.8, 4) is 0 Å². The van der Waals surface area contributed by atoms with Crippen molar-refractivity contribution < 1.29 is 4.79 Å². The standard InChI is InChI=1S/C17H20N2OS2/c1-3-19-16(20)15(22-17(19)21)11-13-6-7-14(10-12(13)2)18-8-4-5-9-18/h6-7,10-11H,3-5,8-9H2,1-2H3/b15-11-. The molecule has 0 N–H and O–H groups in total. The number of anilines is 1. The van der Waals surface area contributed by atoms with Crippen molar-refractivity contribution in [1.82, 2.24) is 4.90 Å². The van der Waals surface area contributed by atoms with Gasteiger partial charge in [0.2, 0.25) is 0 Å². The molecule has 2 saturated heterocycles. The number of rotatable bonds is 3. The van der Waals surface area contributed by atoms with Crippen LogP contribution >= 0.6 is 24.0 Å². The fraction of sp³-hybridized carbons (Fsp3) is 0.412. The van der Waals surface area contributed by atoms with Crippen LogP contribution in [0.4, 0.5) is 5.69 Å². The number of likely N-dealkylation sites (N-methyl/N-ethyl adjacent to an activating group) is 1. The fourth-order valence-corrected chi connectivity index (χ4v) is 4.28. The highest BCUT2D eigenvalue weighted by molar-refractivity contribution is 8.26. The molecular formula is C17H20N2OS2. The number of thioether (sulfide) groups is 1. The summed E-state index contributed by atoms with van der Waals surface area (Å²) < 4.78 is 0.657. The molecule has 1 amide bonds. The lowest BCUT2D eigenvalue weighted by Crippen LogP contribution is -2.27. The van der Waals surface area contributed by atoms with E-state index >= 15 is 0 Å². The number of hydrogen-bond donors (Lipinski definition) is 0. The molecule has 2 heterocycles. The molecular weight excluding hydrogens is 312 g/mol. The van der Waals surface area contributed by atoms with Crippen molar-refractivity contribution >= 4 is 46.0 Å². The van der Waals surface area contributed by atoms with Crippen LogP contribution in [0.15, 0.2) is 23.1 Å². The minimum absolute atomic E-state index is 0.0283. The molecule has 3 nitrogen and oxygen atoms in total. The average Bonchev–Trinajstić information content (AvgIpc) is 3.11. The SMILES string of the molecule is CCN1C(=O)/C(=C/c2ccc(N3CCCC3)cc2C)SC1=S. The predicted molar refractivity (Wildman–Crippen MR) is 98.2 cm³/mol. The van der Waals surface area contributed by atoms with Crippen molar-refractivity contribution in [1.29, 1.82) is 0 Å². The summed E-state index contributed by atoms with van der Waals surface area (Å²) in [5, 5.41) is 0. The van der Waals surface area contributed by atoms with Gasteiger partial charge in [-0.05, 0) is 56.0 Å². The van der Waals surface area contributed by atoms with Gasteiger partial charge >= 0.3 is 0 Å². The van der Waals surface area contributed by atoms with Crippen molar-refractivity contribution in [3.05, 3.63) is 34.2 Å². The zero-order valence-corrected chi connectivity index (χ0v) is 14.6. The van der Waals surface area contributed by atoms with Crippen LogP contribution in [0.3, 0.4) is 0 Å². The van der Waals surface area contributed by atoms with Gasteiger partial charge in [0.25, 0.3) is 5.91 Å². The van der Waals surface area contributed by atoms with Crippen LogP contribution in [0, 0.1) is 6.92 Å². The summed E-state index contributed by atoms with van der Waals surface area (Å²) in [6.45, 7) is 6.98. The summed E-state index contributed by atoms with van der Waals surface area (Å²) >= 11 is 6.65. The van der Waals surface area contributed by atoms with Crippen LogP contribution in [0.2, 0.25) is 0 Å². The molecule has 3 rings (SSSR count). The van der Waals surface area contributed by atoms with E-state index in [1.54, 1.807) is 4.90 Å². The predicted octanol–water partition coefficient (Wildman–Crippen LogP) is 3.82. The Balaban J connectivity index is 1.85. The Kier molecular flexibility index (Phi) is 4.54. The third-order valence-corrected chi connectivity index (χ3v) is 5.58. The van der Waals surface area contributed by atoms with Crippen molar-refractivity contribution in [2.75, 3.05) is 24.5 Å². The van der Waals surface area contributed by atoms with E-state index in [1.807, 2.05) is 13.0 Å². The number of thiocarbonyl (C=S) groups is 1. The van der Waals surface area contributed by atoms with Crippen LogP contribution in [-0.2, 0) is 4.79 Å².